The van der Waals surface area contributed by atoms with Crippen LogP contribution in [0.4, 0.5) is 24.7 Å². The highest BCUT2D eigenvalue weighted by atomic mass is 19.4. The van der Waals surface area contributed by atoms with Crippen molar-refractivity contribution in [2.45, 2.75) is 20.0 Å². The van der Waals surface area contributed by atoms with Crippen LogP contribution in [0.25, 0.3) is 0 Å². The normalized spacial score (nSPS) is 11.2. The summed E-state index contributed by atoms with van der Waals surface area (Å²) in [7, 11) is 0. The van der Waals surface area contributed by atoms with E-state index in [1.54, 1.807) is 4.90 Å². The minimum atomic E-state index is -4.37. The smallest absolute Gasteiger partial charge is 0.339 e. The fourth-order valence-electron chi connectivity index (χ4n) is 2.07. The van der Waals surface area contributed by atoms with Crippen molar-refractivity contribution in [1.29, 1.82) is 0 Å². The largest absolute Gasteiger partial charge is 0.416 e. The van der Waals surface area contributed by atoms with Crippen LogP contribution in [-0.2, 0) is 6.18 Å². The molecule has 0 aliphatic carbocycles. The number of hydrogen-bond acceptors (Lipinski definition) is 4. The third kappa shape index (κ3) is 4.21. The molecule has 2 aromatic rings. The molecule has 0 radical (unpaired) electrons. The van der Waals surface area contributed by atoms with Crippen LogP contribution >= 0.6 is 0 Å². The Morgan fingerprint density at radius 2 is 1.71 bits per heavy atom. The monoisotopic (exact) mass is 338 g/mol. The van der Waals surface area contributed by atoms with E-state index in [4.69, 9.17) is 0 Å². The summed E-state index contributed by atoms with van der Waals surface area (Å²) >= 11 is 0. The number of hydrogen-bond donors (Lipinski definition) is 1. The van der Waals surface area contributed by atoms with Gasteiger partial charge in [0.25, 0.3) is 5.91 Å². The first-order chi connectivity index (χ1) is 11.3. The molecule has 5 nitrogen and oxygen atoms in total. The summed E-state index contributed by atoms with van der Waals surface area (Å²) in [6, 6.07) is 4.57. The number of anilines is 2. The second kappa shape index (κ2) is 7.29. The first-order valence-corrected chi connectivity index (χ1v) is 7.40. The van der Waals surface area contributed by atoms with Crippen LogP contribution < -0.4 is 5.32 Å². The molecule has 0 saturated heterocycles. The van der Waals surface area contributed by atoms with Gasteiger partial charge in [0.05, 0.1) is 18.0 Å². The molecule has 1 N–H and O–H groups in total. The number of nitrogens with one attached hydrogen (secondary N) is 1. The minimum Gasteiger partial charge on any atom is -0.339 e. The summed E-state index contributed by atoms with van der Waals surface area (Å²) in [5.74, 6) is 0.124. The Morgan fingerprint density at radius 1 is 1.08 bits per heavy atom. The lowest BCUT2D eigenvalue weighted by molar-refractivity contribution is -0.137. The predicted molar refractivity (Wildman–Crippen MR) is 84.0 cm³/mol. The highest BCUT2D eigenvalue weighted by molar-refractivity contribution is 5.92. The molecule has 0 spiro atoms. The number of benzene rings is 1. The first kappa shape index (κ1) is 17.7. The lowest BCUT2D eigenvalue weighted by Crippen LogP contribution is -2.31. The zero-order chi connectivity index (χ0) is 17.7. The second-order valence-electron chi connectivity index (χ2n) is 4.96. The lowest BCUT2D eigenvalue weighted by atomic mass is 10.2. The second-order valence-corrected chi connectivity index (χ2v) is 4.96. The Bertz CT molecular complexity index is 680. The number of rotatable bonds is 5. The van der Waals surface area contributed by atoms with Crippen LogP contribution in [0.15, 0.2) is 36.7 Å². The zero-order valence-corrected chi connectivity index (χ0v) is 13.3. The highest BCUT2D eigenvalue weighted by Gasteiger charge is 2.29. The van der Waals surface area contributed by atoms with Crippen LogP contribution in [0.2, 0.25) is 0 Å². The fourth-order valence-corrected chi connectivity index (χ4v) is 2.07. The van der Waals surface area contributed by atoms with Gasteiger partial charge < -0.3 is 10.2 Å². The van der Waals surface area contributed by atoms with Crippen molar-refractivity contribution in [2.75, 3.05) is 18.4 Å². The summed E-state index contributed by atoms with van der Waals surface area (Å²) in [5.41, 5.74) is -0.0592. The molecule has 0 bridgehead atoms. The van der Waals surface area contributed by atoms with E-state index >= 15 is 0 Å². The molecule has 2 rings (SSSR count). The number of amides is 1. The molecule has 0 aliphatic heterocycles. The van der Waals surface area contributed by atoms with Gasteiger partial charge in [0.1, 0.15) is 11.5 Å². The Balaban J connectivity index is 2.08. The molecule has 1 amide bonds. The molecule has 128 valence electrons. The van der Waals surface area contributed by atoms with Gasteiger partial charge in [0, 0.05) is 18.8 Å². The summed E-state index contributed by atoms with van der Waals surface area (Å²) < 4.78 is 37.5. The molecule has 1 aromatic heterocycles. The van der Waals surface area contributed by atoms with Crippen molar-refractivity contribution in [3.63, 3.8) is 0 Å². The van der Waals surface area contributed by atoms with Gasteiger partial charge in [0.15, 0.2) is 0 Å². The van der Waals surface area contributed by atoms with E-state index < -0.39 is 11.7 Å². The predicted octanol–water partition coefficient (Wildman–Crippen LogP) is 3.72. The quantitative estimate of drug-likeness (QED) is 0.903. The summed E-state index contributed by atoms with van der Waals surface area (Å²) in [5, 5.41) is 2.84. The van der Waals surface area contributed by atoms with E-state index in [9.17, 15) is 18.0 Å². The molecule has 0 atom stereocenters. The molecule has 0 fully saturated rings. The van der Waals surface area contributed by atoms with Gasteiger partial charge >= 0.3 is 6.18 Å². The van der Waals surface area contributed by atoms with Crippen molar-refractivity contribution in [1.82, 2.24) is 14.9 Å². The average Bonchev–Trinajstić information content (AvgIpc) is 2.56. The summed E-state index contributed by atoms with van der Waals surface area (Å²) in [6.45, 7) is 4.88. The van der Waals surface area contributed by atoms with Gasteiger partial charge in [-0.05, 0) is 38.1 Å². The van der Waals surface area contributed by atoms with E-state index in [2.05, 4.69) is 15.3 Å². The van der Waals surface area contributed by atoms with Crippen molar-refractivity contribution in [3.05, 3.63) is 47.9 Å². The zero-order valence-electron chi connectivity index (χ0n) is 13.3. The van der Waals surface area contributed by atoms with Crippen LogP contribution in [0.5, 0.6) is 0 Å². The number of carbonyl (C=O) groups excluding carboxylic acids is 1. The fraction of sp³-hybridized carbons (Fsp3) is 0.312. The highest BCUT2D eigenvalue weighted by Crippen LogP contribution is 2.30. The average molecular weight is 338 g/mol. The third-order valence-corrected chi connectivity index (χ3v) is 3.41. The molecular weight excluding hydrogens is 321 g/mol. The van der Waals surface area contributed by atoms with Gasteiger partial charge in [-0.2, -0.15) is 13.2 Å². The Morgan fingerprint density at radius 3 is 2.17 bits per heavy atom. The molecule has 0 unspecified atom stereocenters. The molecule has 1 aromatic carbocycles. The number of nitrogens with zero attached hydrogens (tertiary/aromatic N) is 3. The summed E-state index contributed by atoms with van der Waals surface area (Å²) in [4.78, 5) is 21.8. The van der Waals surface area contributed by atoms with E-state index in [-0.39, 0.29) is 11.6 Å². The van der Waals surface area contributed by atoms with Gasteiger partial charge in [0.2, 0.25) is 0 Å². The van der Waals surface area contributed by atoms with Crippen molar-refractivity contribution in [3.8, 4) is 0 Å². The third-order valence-electron chi connectivity index (χ3n) is 3.41. The molecule has 0 saturated carbocycles. The van der Waals surface area contributed by atoms with Crippen LogP contribution in [0.3, 0.4) is 0 Å². The standard InChI is InChI=1S/C16H17F3N4O/c1-3-23(4-2)15(24)13-9-21-14(10-20-13)22-12-7-5-11(6-8-12)16(17,18)19/h5-10H,3-4H2,1-2H3,(H,21,22). The molecule has 1 heterocycles. The van der Waals surface area contributed by atoms with E-state index in [1.165, 1.54) is 24.5 Å². The minimum absolute atomic E-state index is 0.214. The van der Waals surface area contributed by atoms with Crippen LogP contribution in [-0.4, -0.2) is 33.9 Å². The van der Waals surface area contributed by atoms with E-state index in [0.29, 0.717) is 24.6 Å². The maximum atomic E-state index is 12.5. The van der Waals surface area contributed by atoms with E-state index in [1.807, 2.05) is 13.8 Å². The maximum absolute atomic E-state index is 12.5. The maximum Gasteiger partial charge on any atom is 0.416 e. The SMILES string of the molecule is CCN(CC)C(=O)c1cnc(Nc2ccc(C(F)(F)F)cc2)cn1. The van der Waals surface area contributed by atoms with Gasteiger partial charge in [-0.1, -0.05) is 0 Å². The van der Waals surface area contributed by atoms with Crippen LogP contribution in [0, 0.1) is 0 Å². The molecule has 24 heavy (non-hydrogen) atoms. The number of carbonyl (C=O) groups is 1. The van der Waals surface area contributed by atoms with Gasteiger partial charge in [-0.15, -0.1) is 0 Å². The lowest BCUT2D eigenvalue weighted by Gasteiger charge is -2.17. The molecule has 8 heteroatoms. The Kier molecular flexibility index (Phi) is 5.38. The van der Waals surface area contributed by atoms with Crippen LogP contribution in [0.1, 0.15) is 29.9 Å². The topological polar surface area (TPSA) is 58.1 Å². The first-order valence-electron chi connectivity index (χ1n) is 7.40. The number of aromatic nitrogens is 2. The Labute approximate surface area is 137 Å². The number of alkyl halides is 3. The van der Waals surface area contributed by atoms with E-state index in [0.717, 1.165) is 12.1 Å². The van der Waals surface area contributed by atoms with Crippen molar-refractivity contribution in [2.24, 2.45) is 0 Å². The number of halogens is 3. The van der Waals surface area contributed by atoms with Gasteiger partial charge in [-0.3, -0.25) is 4.79 Å². The molecular formula is C16H17F3N4O. The van der Waals surface area contributed by atoms with Crippen molar-refractivity contribution < 1.29 is 18.0 Å². The Hall–Kier alpha value is -2.64. The van der Waals surface area contributed by atoms with Gasteiger partial charge in [-0.25, -0.2) is 9.97 Å². The molecule has 0 aliphatic rings. The van der Waals surface area contributed by atoms with Crippen molar-refractivity contribution >= 4 is 17.4 Å². The summed E-state index contributed by atoms with van der Waals surface area (Å²) in [6.07, 6.45) is -1.66.